The van der Waals surface area contributed by atoms with Crippen LogP contribution >= 0.6 is 0 Å². The number of nitrogens with zero attached hydrogens (tertiary/aromatic N) is 2. The average Bonchev–Trinajstić information content (AvgIpc) is 2.82. The topological polar surface area (TPSA) is 49.0 Å². The molecule has 0 spiro atoms. The van der Waals surface area contributed by atoms with Crippen molar-refractivity contribution < 1.29 is 4.79 Å². The Kier molecular flexibility index (Phi) is 2.78. The fourth-order valence-corrected chi connectivity index (χ4v) is 2.66. The largest absolute Gasteiger partial charge is 0.335 e. The minimum Gasteiger partial charge on any atom is -0.335 e. The SMILES string of the molecule is CC1CCCCN1C(=O)c1n[nH]c2ccccc12. The Morgan fingerprint density at radius 3 is 3.06 bits per heavy atom. The predicted octanol–water partition coefficient (Wildman–Crippen LogP) is 2.58. The average molecular weight is 243 g/mol. The van der Waals surface area contributed by atoms with Gasteiger partial charge in [-0.3, -0.25) is 9.89 Å². The predicted molar refractivity (Wildman–Crippen MR) is 70.4 cm³/mol. The monoisotopic (exact) mass is 243 g/mol. The Hall–Kier alpha value is -1.84. The van der Waals surface area contributed by atoms with Crippen molar-refractivity contribution in [2.24, 2.45) is 0 Å². The Morgan fingerprint density at radius 2 is 2.22 bits per heavy atom. The van der Waals surface area contributed by atoms with Crippen molar-refractivity contribution in [1.82, 2.24) is 15.1 Å². The number of fused-ring (bicyclic) bond motifs is 1. The number of rotatable bonds is 1. The number of piperidine rings is 1. The molecule has 1 aromatic heterocycles. The van der Waals surface area contributed by atoms with Crippen molar-refractivity contribution in [1.29, 1.82) is 0 Å². The lowest BCUT2D eigenvalue weighted by Crippen LogP contribution is -2.42. The summed E-state index contributed by atoms with van der Waals surface area (Å²) in [7, 11) is 0. The number of hydrogen-bond donors (Lipinski definition) is 1. The molecule has 0 radical (unpaired) electrons. The third-order valence-corrected chi connectivity index (χ3v) is 3.74. The summed E-state index contributed by atoms with van der Waals surface area (Å²) in [5.41, 5.74) is 1.48. The van der Waals surface area contributed by atoms with E-state index in [1.165, 1.54) is 6.42 Å². The fourth-order valence-electron chi connectivity index (χ4n) is 2.66. The first-order valence-electron chi connectivity index (χ1n) is 6.51. The number of hydrogen-bond acceptors (Lipinski definition) is 2. The molecule has 94 valence electrons. The van der Waals surface area contributed by atoms with Gasteiger partial charge in [0.25, 0.3) is 5.91 Å². The number of aromatic nitrogens is 2. The van der Waals surface area contributed by atoms with Gasteiger partial charge in [0, 0.05) is 18.0 Å². The van der Waals surface area contributed by atoms with E-state index >= 15 is 0 Å². The van der Waals surface area contributed by atoms with E-state index in [2.05, 4.69) is 17.1 Å². The summed E-state index contributed by atoms with van der Waals surface area (Å²) >= 11 is 0. The summed E-state index contributed by atoms with van der Waals surface area (Å²) in [6.07, 6.45) is 3.40. The molecule has 2 aromatic rings. The Labute approximate surface area is 106 Å². The molecule has 1 aromatic carbocycles. The molecule has 18 heavy (non-hydrogen) atoms. The van der Waals surface area contributed by atoms with Gasteiger partial charge in [-0.1, -0.05) is 18.2 Å². The zero-order valence-corrected chi connectivity index (χ0v) is 10.5. The standard InChI is InChI=1S/C14H17N3O/c1-10-6-4-5-9-17(10)14(18)13-11-7-2-3-8-12(11)15-16-13/h2-3,7-8,10H,4-6,9H2,1H3,(H,15,16). The van der Waals surface area contributed by atoms with Crippen molar-refractivity contribution in [3.8, 4) is 0 Å². The second kappa shape index (κ2) is 4.44. The van der Waals surface area contributed by atoms with Crippen molar-refractivity contribution in [3.63, 3.8) is 0 Å². The van der Waals surface area contributed by atoms with Crippen LogP contribution in [-0.2, 0) is 0 Å². The van der Waals surface area contributed by atoms with Gasteiger partial charge in [-0.05, 0) is 32.3 Å². The van der Waals surface area contributed by atoms with Gasteiger partial charge in [0.1, 0.15) is 0 Å². The van der Waals surface area contributed by atoms with E-state index in [9.17, 15) is 4.79 Å². The van der Waals surface area contributed by atoms with E-state index in [-0.39, 0.29) is 5.91 Å². The molecule has 1 fully saturated rings. The van der Waals surface area contributed by atoms with Crippen LogP contribution in [0.2, 0.25) is 0 Å². The van der Waals surface area contributed by atoms with Gasteiger partial charge in [0.15, 0.2) is 5.69 Å². The van der Waals surface area contributed by atoms with E-state index in [1.54, 1.807) is 0 Å². The van der Waals surface area contributed by atoms with Gasteiger partial charge in [-0.25, -0.2) is 0 Å². The first-order valence-corrected chi connectivity index (χ1v) is 6.51. The first-order chi connectivity index (χ1) is 8.77. The van der Waals surface area contributed by atoms with E-state index in [0.717, 1.165) is 30.3 Å². The van der Waals surface area contributed by atoms with Crippen molar-refractivity contribution in [2.75, 3.05) is 6.54 Å². The molecule has 1 amide bonds. The van der Waals surface area contributed by atoms with E-state index in [1.807, 2.05) is 29.2 Å². The molecule has 2 heterocycles. The number of H-pyrrole nitrogens is 1. The number of para-hydroxylation sites is 1. The summed E-state index contributed by atoms with van der Waals surface area (Å²) in [6.45, 7) is 2.97. The third-order valence-electron chi connectivity index (χ3n) is 3.74. The maximum Gasteiger partial charge on any atom is 0.275 e. The Balaban J connectivity index is 1.96. The Bertz CT molecular complexity index is 575. The summed E-state index contributed by atoms with van der Waals surface area (Å²) in [6, 6.07) is 8.09. The summed E-state index contributed by atoms with van der Waals surface area (Å²) in [5, 5.41) is 8.03. The van der Waals surface area contributed by atoms with Crippen molar-refractivity contribution in [2.45, 2.75) is 32.2 Å². The molecule has 0 saturated carbocycles. The van der Waals surface area contributed by atoms with Crippen molar-refractivity contribution in [3.05, 3.63) is 30.0 Å². The lowest BCUT2D eigenvalue weighted by molar-refractivity contribution is 0.0631. The number of nitrogens with one attached hydrogen (secondary N) is 1. The van der Waals surface area contributed by atoms with Crippen LogP contribution in [-0.4, -0.2) is 33.6 Å². The van der Waals surface area contributed by atoms with Crippen LogP contribution in [0.1, 0.15) is 36.7 Å². The smallest absolute Gasteiger partial charge is 0.275 e. The molecule has 3 rings (SSSR count). The highest BCUT2D eigenvalue weighted by atomic mass is 16.2. The zero-order valence-electron chi connectivity index (χ0n) is 10.5. The molecule has 1 aliphatic heterocycles. The van der Waals surface area contributed by atoms with E-state index in [0.29, 0.717) is 11.7 Å². The van der Waals surface area contributed by atoms with Crippen LogP contribution in [0.3, 0.4) is 0 Å². The zero-order chi connectivity index (χ0) is 12.5. The summed E-state index contributed by atoms with van der Waals surface area (Å²) in [4.78, 5) is 14.5. The van der Waals surface area contributed by atoms with Crippen LogP contribution in [0.15, 0.2) is 24.3 Å². The molecular formula is C14H17N3O. The number of carbonyl (C=O) groups excluding carboxylic acids is 1. The first kappa shape index (κ1) is 11.3. The van der Waals surface area contributed by atoms with Gasteiger partial charge in [0.2, 0.25) is 0 Å². The van der Waals surface area contributed by atoms with Gasteiger partial charge in [-0.15, -0.1) is 0 Å². The number of aromatic amines is 1. The molecule has 0 bridgehead atoms. The van der Waals surface area contributed by atoms with E-state index < -0.39 is 0 Å². The van der Waals surface area contributed by atoms with Gasteiger partial charge in [0.05, 0.1) is 5.52 Å². The van der Waals surface area contributed by atoms with Crippen LogP contribution in [0.4, 0.5) is 0 Å². The minimum absolute atomic E-state index is 0.0552. The normalized spacial score (nSPS) is 20.3. The molecule has 1 atom stereocenters. The molecule has 4 nitrogen and oxygen atoms in total. The van der Waals surface area contributed by atoms with Gasteiger partial charge in [-0.2, -0.15) is 5.10 Å². The molecule has 1 saturated heterocycles. The minimum atomic E-state index is 0.0552. The fraction of sp³-hybridized carbons (Fsp3) is 0.429. The number of benzene rings is 1. The van der Waals surface area contributed by atoms with Gasteiger partial charge < -0.3 is 4.90 Å². The number of amides is 1. The van der Waals surface area contributed by atoms with Crippen LogP contribution in [0.25, 0.3) is 10.9 Å². The maximum absolute atomic E-state index is 12.5. The highest BCUT2D eigenvalue weighted by molar-refractivity contribution is 6.04. The molecule has 4 heteroatoms. The lowest BCUT2D eigenvalue weighted by atomic mass is 10.0. The van der Waals surface area contributed by atoms with Crippen molar-refractivity contribution >= 4 is 16.8 Å². The number of likely N-dealkylation sites (tertiary alicyclic amines) is 1. The highest BCUT2D eigenvalue weighted by Gasteiger charge is 2.26. The highest BCUT2D eigenvalue weighted by Crippen LogP contribution is 2.22. The van der Waals surface area contributed by atoms with Gasteiger partial charge >= 0.3 is 0 Å². The second-order valence-corrected chi connectivity index (χ2v) is 4.96. The summed E-state index contributed by atoms with van der Waals surface area (Å²) < 4.78 is 0. The second-order valence-electron chi connectivity index (χ2n) is 4.96. The van der Waals surface area contributed by atoms with Crippen LogP contribution < -0.4 is 0 Å². The Morgan fingerprint density at radius 1 is 1.39 bits per heavy atom. The van der Waals surface area contributed by atoms with Crippen LogP contribution in [0, 0.1) is 0 Å². The third kappa shape index (κ3) is 1.78. The lowest BCUT2D eigenvalue weighted by Gasteiger charge is -2.32. The molecular weight excluding hydrogens is 226 g/mol. The molecule has 0 aliphatic carbocycles. The van der Waals surface area contributed by atoms with E-state index in [4.69, 9.17) is 0 Å². The molecule has 1 unspecified atom stereocenters. The molecule has 1 N–H and O–H groups in total. The van der Waals surface area contributed by atoms with Crippen LogP contribution in [0.5, 0.6) is 0 Å². The maximum atomic E-state index is 12.5. The number of carbonyl (C=O) groups is 1. The molecule has 1 aliphatic rings. The quantitative estimate of drug-likeness (QED) is 0.836. The summed E-state index contributed by atoms with van der Waals surface area (Å²) in [5.74, 6) is 0.0552.